The average Bonchev–Trinajstić information content (AvgIpc) is 2.80. The molecule has 2 fully saturated rings. The Kier molecular flexibility index (Phi) is 4.79. The van der Waals surface area contributed by atoms with E-state index in [1.807, 2.05) is 18.4 Å². The summed E-state index contributed by atoms with van der Waals surface area (Å²) in [5.41, 5.74) is 1.58. The highest BCUT2D eigenvalue weighted by atomic mass is 32.1. The third-order valence-electron chi connectivity index (χ3n) is 5.15. The van der Waals surface area contributed by atoms with E-state index in [-0.39, 0.29) is 0 Å². The van der Waals surface area contributed by atoms with Crippen molar-refractivity contribution < 1.29 is 0 Å². The van der Waals surface area contributed by atoms with Crippen LogP contribution in [0.4, 0.5) is 0 Å². The Bertz CT molecular complexity index is 438. The predicted octanol–water partition coefficient (Wildman–Crippen LogP) is 3.93. The van der Waals surface area contributed by atoms with Crippen LogP contribution in [0.1, 0.15) is 53.8 Å². The summed E-state index contributed by atoms with van der Waals surface area (Å²) in [7, 11) is 2.03. The molecule has 0 spiro atoms. The second-order valence-corrected chi connectivity index (χ2v) is 7.89. The normalized spacial score (nSPS) is 27.5. The van der Waals surface area contributed by atoms with Crippen LogP contribution in [-0.4, -0.2) is 24.5 Å². The van der Waals surface area contributed by atoms with Crippen molar-refractivity contribution in [2.24, 2.45) is 5.92 Å². The summed E-state index contributed by atoms with van der Waals surface area (Å²) in [4.78, 5) is 5.80. The monoisotopic (exact) mass is 292 g/mol. The van der Waals surface area contributed by atoms with Crippen LogP contribution in [-0.2, 0) is 13.1 Å². The van der Waals surface area contributed by atoms with Gasteiger partial charge in [-0.1, -0.05) is 12.8 Å². The van der Waals surface area contributed by atoms with E-state index in [9.17, 15) is 0 Å². The molecule has 2 atom stereocenters. The second kappa shape index (κ2) is 6.59. The van der Waals surface area contributed by atoms with Gasteiger partial charge in [-0.15, -0.1) is 11.3 Å². The van der Waals surface area contributed by atoms with Crippen molar-refractivity contribution in [1.29, 1.82) is 0 Å². The van der Waals surface area contributed by atoms with Crippen molar-refractivity contribution in [3.05, 3.63) is 21.4 Å². The summed E-state index contributed by atoms with van der Waals surface area (Å²) in [5.74, 6) is 0.994. The lowest BCUT2D eigenvalue weighted by atomic mass is 9.78. The van der Waals surface area contributed by atoms with Gasteiger partial charge < -0.3 is 5.32 Å². The predicted molar refractivity (Wildman–Crippen MR) is 87.2 cm³/mol. The van der Waals surface area contributed by atoms with Crippen molar-refractivity contribution in [2.75, 3.05) is 13.6 Å². The second-order valence-electron chi connectivity index (χ2n) is 6.55. The van der Waals surface area contributed by atoms with Crippen LogP contribution in [0.5, 0.6) is 0 Å². The Labute approximate surface area is 127 Å². The molecule has 0 radical (unpaired) electrons. The van der Waals surface area contributed by atoms with E-state index in [2.05, 4.69) is 23.2 Å². The van der Waals surface area contributed by atoms with Crippen molar-refractivity contribution in [3.8, 4) is 0 Å². The molecule has 2 unspecified atom stereocenters. The number of hydrogen-bond acceptors (Lipinski definition) is 3. The van der Waals surface area contributed by atoms with Crippen LogP contribution in [0.3, 0.4) is 0 Å². The van der Waals surface area contributed by atoms with Gasteiger partial charge in [-0.05, 0) is 63.7 Å². The quantitative estimate of drug-likeness (QED) is 0.904. The van der Waals surface area contributed by atoms with Gasteiger partial charge in [0.15, 0.2) is 0 Å². The maximum Gasteiger partial charge on any atom is 0.0296 e. The lowest BCUT2D eigenvalue weighted by Crippen LogP contribution is -2.46. The van der Waals surface area contributed by atoms with Gasteiger partial charge in [-0.2, -0.15) is 0 Å². The molecule has 1 aromatic heterocycles. The number of rotatable bonds is 4. The van der Waals surface area contributed by atoms with Crippen LogP contribution >= 0.6 is 11.3 Å². The maximum atomic E-state index is 3.27. The summed E-state index contributed by atoms with van der Waals surface area (Å²) >= 11 is 1.97. The molecule has 2 heterocycles. The molecule has 20 heavy (non-hydrogen) atoms. The fraction of sp³-hybridized carbons (Fsp3) is 0.765. The molecule has 2 nitrogen and oxygen atoms in total. The Balaban J connectivity index is 1.69. The minimum Gasteiger partial charge on any atom is -0.315 e. The molecule has 112 valence electrons. The van der Waals surface area contributed by atoms with E-state index in [1.165, 1.54) is 61.4 Å². The fourth-order valence-electron chi connectivity index (χ4n) is 4.15. The molecule has 3 heteroatoms. The molecule has 3 rings (SSSR count). The van der Waals surface area contributed by atoms with Crippen molar-refractivity contribution >= 4 is 11.3 Å². The summed E-state index contributed by atoms with van der Waals surface area (Å²) in [6, 6.07) is 3.31. The highest BCUT2D eigenvalue weighted by Gasteiger charge is 2.33. The first-order chi connectivity index (χ1) is 9.78. The van der Waals surface area contributed by atoms with Gasteiger partial charge in [0, 0.05) is 28.9 Å². The zero-order valence-electron chi connectivity index (χ0n) is 13.0. The van der Waals surface area contributed by atoms with Gasteiger partial charge in [-0.3, -0.25) is 4.90 Å². The van der Waals surface area contributed by atoms with Crippen LogP contribution < -0.4 is 5.32 Å². The fourth-order valence-corrected chi connectivity index (χ4v) is 5.21. The Morgan fingerprint density at radius 2 is 2.05 bits per heavy atom. The molecule has 1 aliphatic heterocycles. The van der Waals surface area contributed by atoms with Crippen molar-refractivity contribution in [1.82, 2.24) is 10.2 Å². The van der Waals surface area contributed by atoms with E-state index < -0.39 is 0 Å². The zero-order valence-corrected chi connectivity index (χ0v) is 13.8. The summed E-state index contributed by atoms with van der Waals surface area (Å²) in [6.07, 6.45) is 8.73. The third kappa shape index (κ3) is 3.10. The number of aryl methyl sites for hydroxylation is 1. The molecule has 1 aliphatic carbocycles. The number of fused-ring (bicyclic) bond motifs is 1. The number of hydrogen-bond donors (Lipinski definition) is 1. The topological polar surface area (TPSA) is 15.3 Å². The number of piperidine rings is 1. The van der Waals surface area contributed by atoms with E-state index in [4.69, 9.17) is 0 Å². The molecule has 0 bridgehead atoms. The maximum absolute atomic E-state index is 3.27. The number of nitrogens with zero attached hydrogens (tertiary/aromatic N) is 1. The molecular weight excluding hydrogens is 264 g/mol. The SMILES string of the molecule is CNCc1cc(CN2CCCC3CCCCC32)c(C)s1. The molecule has 1 aromatic rings. The smallest absolute Gasteiger partial charge is 0.0296 e. The summed E-state index contributed by atoms with van der Waals surface area (Å²) in [5, 5.41) is 3.27. The van der Waals surface area contributed by atoms with Gasteiger partial charge in [-0.25, -0.2) is 0 Å². The third-order valence-corrected chi connectivity index (χ3v) is 6.25. The van der Waals surface area contributed by atoms with Crippen LogP contribution in [0.25, 0.3) is 0 Å². The van der Waals surface area contributed by atoms with Crippen LogP contribution in [0, 0.1) is 12.8 Å². The first-order valence-corrected chi connectivity index (χ1v) is 9.06. The summed E-state index contributed by atoms with van der Waals surface area (Å²) < 4.78 is 0. The Morgan fingerprint density at radius 3 is 2.90 bits per heavy atom. The van der Waals surface area contributed by atoms with Gasteiger partial charge >= 0.3 is 0 Å². The molecule has 0 aromatic carbocycles. The molecule has 0 amide bonds. The Hall–Kier alpha value is -0.380. The minimum atomic E-state index is 0.879. The summed E-state index contributed by atoms with van der Waals surface area (Å²) in [6.45, 7) is 5.81. The molecule has 1 saturated heterocycles. The zero-order chi connectivity index (χ0) is 13.9. The number of nitrogens with one attached hydrogen (secondary N) is 1. The minimum absolute atomic E-state index is 0.879. The first kappa shape index (κ1) is 14.6. The van der Waals surface area contributed by atoms with E-state index >= 15 is 0 Å². The highest BCUT2D eigenvalue weighted by molar-refractivity contribution is 7.12. The van der Waals surface area contributed by atoms with Gasteiger partial charge in [0.05, 0.1) is 0 Å². The standard InChI is InChI=1S/C17H28N2S/c1-13-15(10-16(20-13)11-18-2)12-19-9-5-7-14-6-3-4-8-17(14)19/h10,14,17-18H,3-9,11-12H2,1-2H3. The van der Waals surface area contributed by atoms with Gasteiger partial charge in [0.25, 0.3) is 0 Å². The first-order valence-electron chi connectivity index (χ1n) is 8.24. The van der Waals surface area contributed by atoms with E-state index in [1.54, 1.807) is 5.56 Å². The lowest BCUT2D eigenvalue weighted by molar-refractivity contribution is 0.0547. The van der Waals surface area contributed by atoms with Gasteiger partial charge in [0.1, 0.15) is 0 Å². The van der Waals surface area contributed by atoms with Crippen LogP contribution in [0.2, 0.25) is 0 Å². The Morgan fingerprint density at radius 1 is 1.25 bits per heavy atom. The number of thiophene rings is 1. The molecular formula is C17H28N2S. The highest BCUT2D eigenvalue weighted by Crippen LogP contribution is 2.36. The molecule has 2 aliphatic rings. The average molecular weight is 292 g/mol. The number of likely N-dealkylation sites (tertiary alicyclic amines) is 1. The van der Waals surface area contributed by atoms with E-state index in [0.717, 1.165) is 18.5 Å². The van der Waals surface area contributed by atoms with E-state index in [0.29, 0.717) is 0 Å². The molecule has 1 saturated carbocycles. The van der Waals surface area contributed by atoms with Crippen LogP contribution in [0.15, 0.2) is 6.07 Å². The van der Waals surface area contributed by atoms with Gasteiger partial charge in [0.2, 0.25) is 0 Å². The van der Waals surface area contributed by atoms with Crippen molar-refractivity contribution in [2.45, 2.75) is 64.6 Å². The molecule has 1 N–H and O–H groups in total. The largest absolute Gasteiger partial charge is 0.315 e. The lowest BCUT2D eigenvalue weighted by Gasteiger charge is -2.44. The van der Waals surface area contributed by atoms with Crippen molar-refractivity contribution in [3.63, 3.8) is 0 Å².